The maximum absolute atomic E-state index is 6.20. The Morgan fingerprint density at radius 3 is 2.67 bits per heavy atom. The highest BCUT2D eigenvalue weighted by Gasteiger charge is 2.20. The van der Waals surface area contributed by atoms with Crippen LogP contribution in [0.3, 0.4) is 0 Å². The lowest BCUT2D eigenvalue weighted by atomic mass is 10.2. The Bertz CT molecular complexity index is 1070. The van der Waals surface area contributed by atoms with Crippen LogP contribution in [0.5, 0.6) is 5.75 Å². The number of halogens is 1. The number of nitrogens with zero attached hydrogens (tertiary/aromatic N) is 5. The SMILES string of the molecule is CCOc1ccc(-c2noc(-c3nnn(-c4ccccc4Cl)c3N)n2)cc1. The Balaban J connectivity index is 1.65. The third-order valence-electron chi connectivity index (χ3n) is 3.84. The number of aromatic nitrogens is 5. The molecule has 0 aliphatic rings. The second kappa shape index (κ2) is 7.08. The van der Waals surface area contributed by atoms with E-state index in [1.54, 1.807) is 12.1 Å². The van der Waals surface area contributed by atoms with Crippen LogP contribution in [0.25, 0.3) is 28.7 Å². The van der Waals surface area contributed by atoms with Crippen molar-refractivity contribution >= 4 is 17.4 Å². The molecule has 9 heteroatoms. The van der Waals surface area contributed by atoms with Gasteiger partial charge in [0.25, 0.3) is 5.89 Å². The van der Waals surface area contributed by atoms with Gasteiger partial charge in [-0.2, -0.15) is 9.67 Å². The van der Waals surface area contributed by atoms with Gasteiger partial charge in [-0.3, -0.25) is 0 Å². The highest BCUT2D eigenvalue weighted by Crippen LogP contribution is 2.29. The molecule has 0 radical (unpaired) electrons. The largest absolute Gasteiger partial charge is 0.494 e. The Morgan fingerprint density at radius 2 is 1.93 bits per heavy atom. The van der Waals surface area contributed by atoms with Gasteiger partial charge in [0.2, 0.25) is 5.82 Å². The van der Waals surface area contributed by atoms with E-state index in [0.29, 0.717) is 28.8 Å². The van der Waals surface area contributed by atoms with E-state index in [0.717, 1.165) is 11.3 Å². The van der Waals surface area contributed by atoms with Crippen LogP contribution in [-0.4, -0.2) is 31.7 Å². The van der Waals surface area contributed by atoms with Crippen LogP contribution < -0.4 is 10.5 Å². The molecule has 136 valence electrons. The van der Waals surface area contributed by atoms with E-state index in [-0.39, 0.29) is 11.7 Å². The van der Waals surface area contributed by atoms with Crippen molar-refractivity contribution in [2.45, 2.75) is 6.92 Å². The molecule has 2 aromatic carbocycles. The molecule has 0 amide bonds. The van der Waals surface area contributed by atoms with Crippen LogP contribution in [0.15, 0.2) is 53.1 Å². The van der Waals surface area contributed by atoms with E-state index in [2.05, 4.69) is 20.5 Å². The minimum absolute atomic E-state index is 0.176. The van der Waals surface area contributed by atoms with E-state index >= 15 is 0 Å². The fourth-order valence-corrected chi connectivity index (χ4v) is 2.76. The summed E-state index contributed by atoms with van der Waals surface area (Å²) >= 11 is 6.20. The summed E-state index contributed by atoms with van der Waals surface area (Å²) in [5, 5.41) is 12.6. The van der Waals surface area contributed by atoms with Gasteiger partial charge in [0, 0.05) is 5.56 Å². The summed E-state index contributed by atoms with van der Waals surface area (Å²) in [6, 6.07) is 14.6. The lowest BCUT2D eigenvalue weighted by Gasteiger charge is -2.04. The number of ether oxygens (including phenoxy) is 1. The van der Waals surface area contributed by atoms with Crippen molar-refractivity contribution < 1.29 is 9.26 Å². The predicted molar refractivity (Wildman–Crippen MR) is 101 cm³/mol. The molecular weight excluding hydrogens is 368 g/mol. The first-order valence-corrected chi connectivity index (χ1v) is 8.58. The van der Waals surface area contributed by atoms with Crippen molar-refractivity contribution in [3.05, 3.63) is 53.6 Å². The van der Waals surface area contributed by atoms with Gasteiger partial charge in [0.05, 0.1) is 17.3 Å². The fourth-order valence-electron chi connectivity index (χ4n) is 2.55. The molecule has 2 aromatic heterocycles. The lowest BCUT2D eigenvalue weighted by molar-refractivity contribution is 0.340. The molecule has 0 saturated heterocycles. The van der Waals surface area contributed by atoms with Gasteiger partial charge in [-0.15, -0.1) is 5.10 Å². The van der Waals surface area contributed by atoms with Crippen molar-refractivity contribution in [1.82, 2.24) is 25.1 Å². The Labute approximate surface area is 159 Å². The van der Waals surface area contributed by atoms with Gasteiger partial charge in [-0.1, -0.05) is 34.1 Å². The predicted octanol–water partition coefficient (Wildman–Crippen LogP) is 3.62. The first kappa shape index (κ1) is 17.0. The molecule has 8 nitrogen and oxygen atoms in total. The second-order valence-corrected chi connectivity index (χ2v) is 5.97. The van der Waals surface area contributed by atoms with E-state index in [1.807, 2.05) is 43.3 Å². The number of nitrogen functional groups attached to an aromatic ring is 1. The van der Waals surface area contributed by atoms with Gasteiger partial charge in [-0.25, -0.2) is 0 Å². The fraction of sp³-hybridized carbons (Fsp3) is 0.111. The number of anilines is 1. The normalized spacial score (nSPS) is 10.9. The van der Waals surface area contributed by atoms with Gasteiger partial charge in [0.1, 0.15) is 5.75 Å². The molecule has 0 saturated carbocycles. The first-order valence-electron chi connectivity index (χ1n) is 8.20. The van der Waals surface area contributed by atoms with Crippen LogP contribution >= 0.6 is 11.6 Å². The van der Waals surface area contributed by atoms with Crippen molar-refractivity contribution in [3.8, 4) is 34.4 Å². The first-order chi connectivity index (χ1) is 13.2. The number of para-hydroxylation sites is 1. The van der Waals surface area contributed by atoms with Gasteiger partial charge in [-0.05, 0) is 43.3 Å². The molecule has 0 unspecified atom stereocenters. The number of nitrogens with two attached hydrogens (primary N) is 1. The number of hydrogen-bond donors (Lipinski definition) is 1. The zero-order chi connectivity index (χ0) is 18.8. The highest BCUT2D eigenvalue weighted by atomic mass is 35.5. The smallest absolute Gasteiger partial charge is 0.282 e. The van der Waals surface area contributed by atoms with Crippen LogP contribution in [0.1, 0.15) is 6.92 Å². The zero-order valence-electron chi connectivity index (χ0n) is 14.3. The zero-order valence-corrected chi connectivity index (χ0v) is 15.1. The average molecular weight is 383 g/mol. The highest BCUT2D eigenvalue weighted by molar-refractivity contribution is 6.32. The standard InChI is InChI=1S/C18H15ClN6O2/c1-2-26-12-9-7-11(8-10-12)17-21-18(27-23-17)15-16(20)25(24-22-15)14-6-4-3-5-13(14)19/h3-10H,2,20H2,1H3. The van der Waals surface area contributed by atoms with Gasteiger partial charge in [0.15, 0.2) is 11.5 Å². The molecular formula is C18H15ClN6O2. The summed E-state index contributed by atoms with van der Waals surface area (Å²) in [5.41, 5.74) is 7.86. The molecule has 2 N–H and O–H groups in total. The summed E-state index contributed by atoms with van der Waals surface area (Å²) in [6.45, 7) is 2.53. The maximum Gasteiger partial charge on any atom is 0.282 e. The molecule has 0 bridgehead atoms. The van der Waals surface area contributed by atoms with Crippen LogP contribution in [0.4, 0.5) is 5.82 Å². The molecule has 0 fully saturated rings. The molecule has 0 aliphatic heterocycles. The third-order valence-corrected chi connectivity index (χ3v) is 4.16. The topological polar surface area (TPSA) is 105 Å². The quantitative estimate of drug-likeness (QED) is 0.562. The number of hydrogen-bond acceptors (Lipinski definition) is 7. The summed E-state index contributed by atoms with van der Waals surface area (Å²) < 4.78 is 12.2. The maximum atomic E-state index is 6.20. The Hall–Kier alpha value is -3.39. The van der Waals surface area contributed by atoms with Crippen molar-refractivity contribution in [1.29, 1.82) is 0 Å². The van der Waals surface area contributed by atoms with Crippen molar-refractivity contribution in [2.24, 2.45) is 0 Å². The van der Waals surface area contributed by atoms with Gasteiger partial charge < -0.3 is 15.0 Å². The van der Waals surface area contributed by atoms with Crippen LogP contribution in [-0.2, 0) is 0 Å². The van der Waals surface area contributed by atoms with Crippen molar-refractivity contribution in [2.75, 3.05) is 12.3 Å². The molecule has 0 atom stereocenters. The molecule has 0 aliphatic carbocycles. The summed E-state index contributed by atoms with van der Waals surface area (Å²) in [6.07, 6.45) is 0. The van der Waals surface area contributed by atoms with Gasteiger partial charge >= 0.3 is 0 Å². The number of rotatable bonds is 5. The minimum atomic E-state index is 0.176. The van der Waals surface area contributed by atoms with Crippen LogP contribution in [0, 0.1) is 0 Å². The molecule has 2 heterocycles. The number of benzene rings is 2. The lowest BCUT2D eigenvalue weighted by Crippen LogP contribution is -2.02. The van der Waals surface area contributed by atoms with E-state index in [1.165, 1.54) is 4.68 Å². The Kier molecular flexibility index (Phi) is 4.47. The summed E-state index contributed by atoms with van der Waals surface area (Å²) in [7, 11) is 0. The third kappa shape index (κ3) is 3.22. The monoisotopic (exact) mass is 382 g/mol. The summed E-state index contributed by atoms with van der Waals surface area (Å²) in [5.74, 6) is 1.62. The van der Waals surface area contributed by atoms with Crippen molar-refractivity contribution in [3.63, 3.8) is 0 Å². The van der Waals surface area contributed by atoms with E-state index in [9.17, 15) is 0 Å². The minimum Gasteiger partial charge on any atom is -0.494 e. The average Bonchev–Trinajstić information content (AvgIpc) is 3.30. The molecule has 4 rings (SSSR count). The molecule has 27 heavy (non-hydrogen) atoms. The summed E-state index contributed by atoms with van der Waals surface area (Å²) in [4.78, 5) is 4.37. The van der Waals surface area contributed by atoms with E-state index < -0.39 is 0 Å². The molecule has 4 aromatic rings. The van der Waals surface area contributed by atoms with Crippen LogP contribution in [0.2, 0.25) is 5.02 Å². The Morgan fingerprint density at radius 1 is 1.15 bits per heavy atom. The molecule has 0 spiro atoms. The second-order valence-electron chi connectivity index (χ2n) is 5.57. The van der Waals surface area contributed by atoms with E-state index in [4.69, 9.17) is 26.6 Å².